The SMILES string of the molecule is c1coc(CNc2ccc3sccc3c2)c1. The first-order valence-electron chi connectivity index (χ1n) is 5.15. The quantitative estimate of drug-likeness (QED) is 0.731. The zero-order valence-corrected chi connectivity index (χ0v) is 9.46. The van der Waals surface area contributed by atoms with E-state index in [4.69, 9.17) is 4.42 Å². The molecule has 0 aliphatic heterocycles. The molecule has 2 nitrogen and oxygen atoms in total. The molecule has 0 atom stereocenters. The topological polar surface area (TPSA) is 25.2 Å². The molecule has 3 aromatic rings. The molecular weight excluding hydrogens is 218 g/mol. The van der Waals surface area contributed by atoms with E-state index in [-0.39, 0.29) is 0 Å². The van der Waals surface area contributed by atoms with Gasteiger partial charge in [-0.3, -0.25) is 0 Å². The minimum absolute atomic E-state index is 0.725. The summed E-state index contributed by atoms with van der Waals surface area (Å²) in [4.78, 5) is 0. The van der Waals surface area contributed by atoms with Crippen LogP contribution in [0.3, 0.4) is 0 Å². The fraction of sp³-hybridized carbons (Fsp3) is 0.0769. The van der Waals surface area contributed by atoms with E-state index in [9.17, 15) is 0 Å². The van der Waals surface area contributed by atoms with Gasteiger partial charge >= 0.3 is 0 Å². The third-order valence-corrected chi connectivity index (χ3v) is 3.40. The Kier molecular flexibility index (Phi) is 2.38. The summed E-state index contributed by atoms with van der Waals surface area (Å²) in [6, 6.07) is 12.4. The van der Waals surface area contributed by atoms with Gasteiger partial charge in [0.2, 0.25) is 0 Å². The number of thiophene rings is 1. The molecule has 3 rings (SSSR count). The predicted octanol–water partition coefficient (Wildman–Crippen LogP) is 4.11. The maximum Gasteiger partial charge on any atom is 0.122 e. The van der Waals surface area contributed by atoms with Gasteiger partial charge in [-0.25, -0.2) is 0 Å². The summed E-state index contributed by atoms with van der Waals surface area (Å²) in [6.07, 6.45) is 1.69. The van der Waals surface area contributed by atoms with Crippen molar-refractivity contribution in [2.45, 2.75) is 6.54 Å². The number of nitrogens with one attached hydrogen (secondary N) is 1. The van der Waals surface area contributed by atoms with Crippen LogP contribution in [0.5, 0.6) is 0 Å². The molecular formula is C13H11NOS. The van der Waals surface area contributed by atoms with Crippen LogP contribution in [0.1, 0.15) is 5.76 Å². The van der Waals surface area contributed by atoms with E-state index in [1.807, 2.05) is 12.1 Å². The smallest absolute Gasteiger partial charge is 0.122 e. The van der Waals surface area contributed by atoms with E-state index < -0.39 is 0 Å². The average molecular weight is 229 g/mol. The van der Waals surface area contributed by atoms with E-state index in [2.05, 4.69) is 35.0 Å². The van der Waals surface area contributed by atoms with Crippen LogP contribution in [0.2, 0.25) is 0 Å². The lowest BCUT2D eigenvalue weighted by atomic mass is 10.2. The van der Waals surface area contributed by atoms with Gasteiger partial charge in [0, 0.05) is 10.4 Å². The minimum atomic E-state index is 0.725. The third-order valence-electron chi connectivity index (χ3n) is 2.50. The number of rotatable bonds is 3. The van der Waals surface area contributed by atoms with E-state index in [1.165, 1.54) is 10.1 Å². The molecule has 0 unspecified atom stereocenters. The van der Waals surface area contributed by atoms with Crippen LogP contribution in [0, 0.1) is 0 Å². The molecule has 0 fully saturated rings. The lowest BCUT2D eigenvalue weighted by Gasteiger charge is -2.04. The molecule has 0 saturated carbocycles. The normalized spacial score (nSPS) is 10.8. The van der Waals surface area contributed by atoms with E-state index in [1.54, 1.807) is 17.6 Å². The zero-order chi connectivity index (χ0) is 10.8. The maximum atomic E-state index is 5.27. The molecule has 0 aliphatic carbocycles. The van der Waals surface area contributed by atoms with Crippen molar-refractivity contribution in [2.24, 2.45) is 0 Å². The highest BCUT2D eigenvalue weighted by atomic mass is 32.1. The molecule has 80 valence electrons. The number of fused-ring (bicyclic) bond motifs is 1. The number of anilines is 1. The Morgan fingerprint density at radius 3 is 3.06 bits per heavy atom. The first-order valence-corrected chi connectivity index (χ1v) is 6.03. The van der Waals surface area contributed by atoms with E-state index in [0.29, 0.717) is 0 Å². The number of hydrogen-bond donors (Lipinski definition) is 1. The summed E-state index contributed by atoms with van der Waals surface area (Å²) < 4.78 is 6.59. The second-order valence-electron chi connectivity index (χ2n) is 3.61. The molecule has 0 saturated heterocycles. The van der Waals surface area contributed by atoms with Gasteiger partial charge in [-0.05, 0) is 47.2 Å². The van der Waals surface area contributed by atoms with Crippen molar-refractivity contribution in [2.75, 3.05) is 5.32 Å². The van der Waals surface area contributed by atoms with Crippen molar-refractivity contribution < 1.29 is 4.42 Å². The molecule has 1 aromatic carbocycles. The van der Waals surface area contributed by atoms with Crippen LogP contribution in [0.25, 0.3) is 10.1 Å². The summed E-state index contributed by atoms with van der Waals surface area (Å²) in [6.45, 7) is 0.725. The summed E-state index contributed by atoms with van der Waals surface area (Å²) in [7, 11) is 0. The fourth-order valence-corrected chi connectivity index (χ4v) is 2.45. The summed E-state index contributed by atoms with van der Waals surface area (Å²) >= 11 is 1.77. The Labute approximate surface area is 97.5 Å². The Morgan fingerprint density at radius 2 is 2.19 bits per heavy atom. The molecule has 0 amide bonds. The average Bonchev–Trinajstić information content (AvgIpc) is 2.97. The molecule has 2 heterocycles. The monoisotopic (exact) mass is 229 g/mol. The minimum Gasteiger partial charge on any atom is -0.467 e. The number of benzene rings is 1. The first-order chi connectivity index (χ1) is 7.92. The van der Waals surface area contributed by atoms with Crippen molar-refractivity contribution in [1.82, 2.24) is 0 Å². The third kappa shape index (κ3) is 1.82. The second kappa shape index (κ2) is 4.02. The molecule has 0 aliphatic rings. The Hall–Kier alpha value is -1.74. The Bertz CT molecular complexity index is 583. The van der Waals surface area contributed by atoms with Crippen molar-refractivity contribution >= 4 is 27.1 Å². The lowest BCUT2D eigenvalue weighted by Crippen LogP contribution is -1.97. The fourth-order valence-electron chi connectivity index (χ4n) is 1.68. The maximum absolute atomic E-state index is 5.27. The second-order valence-corrected chi connectivity index (χ2v) is 4.55. The van der Waals surface area contributed by atoms with Gasteiger partial charge in [-0.2, -0.15) is 0 Å². The van der Waals surface area contributed by atoms with Gasteiger partial charge in [0.15, 0.2) is 0 Å². The van der Waals surface area contributed by atoms with Crippen LogP contribution >= 0.6 is 11.3 Å². The number of furan rings is 1. The zero-order valence-electron chi connectivity index (χ0n) is 8.64. The van der Waals surface area contributed by atoms with Crippen molar-refractivity contribution in [3.63, 3.8) is 0 Å². The van der Waals surface area contributed by atoms with Gasteiger partial charge in [0.25, 0.3) is 0 Å². The van der Waals surface area contributed by atoms with E-state index in [0.717, 1.165) is 18.0 Å². The summed E-state index contributed by atoms with van der Waals surface area (Å²) in [5, 5.41) is 6.74. The van der Waals surface area contributed by atoms with Crippen LogP contribution in [0.15, 0.2) is 52.5 Å². The Balaban J connectivity index is 1.78. The van der Waals surface area contributed by atoms with Crippen LogP contribution < -0.4 is 5.32 Å². The Morgan fingerprint density at radius 1 is 1.19 bits per heavy atom. The van der Waals surface area contributed by atoms with Gasteiger partial charge < -0.3 is 9.73 Å². The van der Waals surface area contributed by atoms with Crippen LogP contribution in [-0.4, -0.2) is 0 Å². The van der Waals surface area contributed by atoms with Gasteiger partial charge in [0.1, 0.15) is 5.76 Å². The highest BCUT2D eigenvalue weighted by molar-refractivity contribution is 7.17. The van der Waals surface area contributed by atoms with Gasteiger partial charge in [-0.1, -0.05) is 0 Å². The first kappa shape index (κ1) is 9.48. The molecule has 0 spiro atoms. The van der Waals surface area contributed by atoms with Crippen LogP contribution in [-0.2, 0) is 6.54 Å². The largest absolute Gasteiger partial charge is 0.467 e. The number of hydrogen-bond acceptors (Lipinski definition) is 3. The van der Waals surface area contributed by atoms with Crippen LogP contribution in [0.4, 0.5) is 5.69 Å². The molecule has 16 heavy (non-hydrogen) atoms. The highest BCUT2D eigenvalue weighted by Crippen LogP contribution is 2.24. The van der Waals surface area contributed by atoms with Crippen molar-refractivity contribution in [1.29, 1.82) is 0 Å². The molecule has 0 bridgehead atoms. The van der Waals surface area contributed by atoms with E-state index >= 15 is 0 Å². The molecule has 0 radical (unpaired) electrons. The standard InChI is InChI=1S/C13H11NOS/c1-2-12(15-6-1)9-14-11-3-4-13-10(8-11)5-7-16-13/h1-8,14H,9H2. The molecule has 1 N–H and O–H groups in total. The summed E-state index contributed by atoms with van der Waals surface area (Å²) in [5.74, 6) is 0.949. The highest BCUT2D eigenvalue weighted by Gasteiger charge is 1.98. The van der Waals surface area contributed by atoms with Gasteiger partial charge in [-0.15, -0.1) is 11.3 Å². The van der Waals surface area contributed by atoms with Gasteiger partial charge in [0.05, 0.1) is 12.8 Å². The molecule has 2 aromatic heterocycles. The lowest BCUT2D eigenvalue weighted by molar-refractivity contribution is 0.518. The summed E-state index contributed by atoms with van der Waals surface area (Å²) in [5.41, 5.74) is 1.13. The predicted molar refractivity (Wildman–Crippen MR) is 67.9 cm³/mol. The molecule has 3 heteroatoms. The van der Waals surface area contributed by atoms with Crippen molar-refractivity contribution in [3.05, 3.63) is 53.8 Å². The van der Waals surface area contributed by atoms with Crippen molar-refractivity contribution in [3.8, 4) is 0 Å².